The maximum atomic E-state index is 12.4. The molecule has 1 saturated carbocycles. The summed E-state index contributed by atoms with van der Waals surface area (Å²) in [6.45, 7) is 1.10. The molecule has 1 amide bonds. The molecule has 3 atom stereocenters. The minimum Gasteiger partial charge on any atom is -0.348 e. The zero-order chi connectivity index (χ0) is 14.4. The fourth-order valence-corrected chi connectivity index (χ4v) is 3.59. The van der Waals surface area contributed by atoms with Crippen molar-refractivity contribution in [3.63, 3.8) is 0 Å². The molecule has 2 aromatic heterocycles. The number of carbonyl (C=O) groups is 1. The predicted octanol–water partition coefficient (Wildman–Crippen LogP) is 1.40. The van der Waals surface area contributed by atoms with Crippen molar-refractivity contribution in [1.82, 2.24) is 15.0 Å². The number of fused-ring (bicyclic) bond motifs is 3. The van der Waals surface area contributed by atoms with Gasteiger partial charge in [0.25, 0.3) is 5.91 Å². The first-order chi connectivity index (χ1) is 10.2. The predicted molar refractivity (Wildman–Crippen MR) is 81.1 cm³/mol. The Labute approximate surface area is 123 Å². The summed E-state index contributed by atoms with van der Waals surface area (Å²) in [4.78, 5) is 12.4. The van der Waals surface area contributed by atoms with Gasteiger partial charge in [0.15, 0.2) is 0 Å². The van der Waals surface area contributed by atoms with Gasteiger partial charge in [-0.2, -0.15) is 0 Å². The van der Waals surface area contributed by atoms with Crippen LogP contribution in [0.1, 0.15) is 28.8 Å². The zero-order valence-corrected chi connectivity index (χ0v) is 11.7. The summed E-state index contributed by atoms with van der Waals surface area (Å²) in [6.07, 6.45) is 11.4. The SMILES string of the molecule is C#Cc1cc2ccc(C(=O)NC3CC4CNC3C4)cn2c1. The molecule has 1 aliphatic heterocycles. The lowest BCUT2D eigenvalue weighted by molar-refractivity contribution is 0.0928. The molecule has 2 N–H and O–H groups in total. The van der Waals surface area contributed by atoms with Gasteiger partial charge in [-0.1, -0.05) is 5.92 Å². The van der Waals surface area contributed by atoms with E-state index in [0.29, 0.717) is 11.6 Å². The normalized spacial score (nSPS) is 26.9. The lowest BCUT2D eigenvalue weighted by Crippen LogP contribution is -2.47. The van der Waals surface area contributed by atoms with Crippen LogP contribution in [0.15, 0.2) is 30.6 Å². The van der Waals surface area contributed by atoms with Crippen LogP contribution in [0.5, 0.6) is 0 Å². The fourth-order valence-electron chi connectivity index (χ4n) is 3.59. The number of carbonyl (C=O) groups excluding carboxylic acids is 1. The molecule has 2 aliphatic rings. The van der Waals surface area contributed by atoms with E-state index >= 15 is 0 Å². The average Bonchev–Trinajstić information content (AvgIpc) is 3.20. The number of nitrogens with zero attached hydrogens (tertiary/aromatic N) is 1. The van der Waals surface area contributed by atoms with Gasteiger partial charge in [0, 0.05) is 35.6 Å². The Morgan fingerprint density at radius 2 is 2.29 bits per heavy atom. The van der Waals surface area contributed by atoms with Crippen molar-refractivity contribution in [1.29, 1.82) is 0 Å². The van der Waals surface area contributed by atoms with Crippen molar-refractivity contribution in [3.8, 4) is 12.3 Å². The maximum absolute atomic E-state index is 12.4. The lowest BCUT2D eigenvalue weighted by atomic mass is 10.1. The van der Waals surface area contributed by atoms with Crippen LogP contribution >= 0.6 is 0 Å². The van der Waals surface area contributed by atoms with Crippen molar-refractivity contribution in [2.24, 2.45) is 5.92 Å². The number of hydrogen-bond donors (Lipinski definition) is 2. The van der Waals surface area contributed by atoms with Crippen LogP contribution < -0.4 is 10.6 Å². The number of piperidine rings is 1. The van der Waals surface area contributed by atoms with Gasteiger partial charge in [-0.05, 0) is 43.5 Å². The summed E-state index contributed by atoms with van der Waals surface area (Å²) in [6, 6.07) is 6.42. The second kappa shape index (κ2) is 4.64. The molecule has 4 heteroatoms. The number of rotatable bonds is 2. The van der Waals surface area contributed by atoms with Crippen LogP contribution in [0.25, 0.3) is 5.52 Å². The quantitative estimate of drug-likeness (QED) is 0.816. The molecule has 3 heterocycles. The van der Waals surface area contributed by atoms with Gasteiger partial charge in [-0.3, -0.25) is 4.79 Å². The van der Waals surface area contributed by atoms with Crippen molar-refractivity contribution in [2.75, 3.05) is 6.54 Å². The summed E-state index contributed by atoms with van der Waals surface area (Å²) < 4.78 is 1.91. The molecule has 2 fully saturated rings. The van der Waals surface area contributed by atoms with E-state index in [9.17, 15) is 4.79 Å². The Morgan fingerprint density at radius 3 is 3.00 bits per heavy atom. The van der Waals surface area contributed by atoms with E-state index < -0.39 is 0 Å². The summed E-state index contributed by atoms with van der Waals surface area (Å²) in [5, 5.41) is 6.62. The molecule has 1 aliphatic carbocycles. The second-order valence-corrected chi connectivity index (χ2v) is 6.06. The van der Waals surface area contributed by atoms with Crippen LogP contribution in [0, 0.1) is 18.3 Å². The number of pyridine rings is 1. The van der Waals surface area contributed by atoms with E-state index in [1.807, 2.05) is 35.0 Å². The topological polar surface area (TPSA) is 45.5 Å². The molecule has 4 rings (SSSR count). The molecular weight excluding hydrogens is 262 g/mol. The van der Waals surface area contributed by atoms with Gasteiger partial charge in [-0.15, -0.1) is 6.42 Å². The minimum absolute atomic E-state index is 0.00722. The van der Waals surface area contributed by atoms with Crippen LogP contribution in [0.2, 0.25) is 0 Å². The first-order valence-electron chi connectivity index (χ1n) is 7.35. The third kappa shape index (κ3) is 2.10. The van der Waals surface area contributed by atoms with Crippen molar-refractivity contribution in [2.45, 2.75) is 24.9 Å². The highest BCUT2D eigenvalue weighted by Crippen LogP contribution is 2.31. The summed E-state index contributed by atoms with van der Waals surface area (Å²) in [7, 11) is 0. The Morgan fingerprint density at radius 1 is 1.38 bits per heavy atom. The smallest absolute Gasteiger partial charge is 0.253 e. The maximum Gasteiger partial charge on any atom is 0.253 e. The van der Waals surface area contributed by atoms with Crippen LogP contribution in [0.4, 0.5) is 0 Å². The summed E-state index contributed by atoms with van der Waals surface area (Å²) >= 11 is 0. The van der Waals surface area contributed by atoms with E-state index in [4.69, 9.17) is 6.42 Å². The third-order valence-electron chi connectivity index (χ3n) is 4.67. The number of amides is 1. The molecule has 4 nitrogen and oxygen atoms in total. The number of hydrogen-bond acceptors (Lipinski definition) is 2. The molecule has 21 heavy (non-hydrogen) atoms. The van der Waals surface area contributed by atoms with Crippen molar-refractivity contribution in [3.05, 3.63) is 41.7 Å². The number of terminal acetylenes is 1. The van der Waals surface area contributed by atoms with Gasteiger partial charge < -0.3 is 15.0 Å². The Hall–Kier alpha value is -2.25. The van der Waals surface area contributed by atoms with E-state index in [1.165, 1.54) is 6.42 Å². The first kappa shape index (κ1) is 12.5. The lowest BCUT2D eigenvalue weighted by Gasteiger charge is -2.24. The molecule has 0 aromatic carbocycles. The molecule has 0 radical (unpaired) electrons. The Balaban J connectivity index is 1.55. The van der Waals surface area contributed by atoms with Gasteiger partial charge in [0.2, 0.25) is 0 Å². The summed E-state index contributed by atoms with van der Waals surface area (Å²) in [5.74, 6) is 3.33. The van der Waals surface area contributed by atoms with Gasteiger partial charge in [0.05, 0.1) is 5.56 Å². The molecule has 2 bridgehead atoms. The monoisotopic (exact) mass is 279 g/mol. The molecule has 1 saturated heterocycles. The average molecular weight is 279 g/mol. The Kier molecular flexibility index (Phi) is 2.76. The van der Waals surface area contributed by atoms with Crippen LogP contribution in [-0.4, -0.2) is 28.9 Å². The van der Waals surface area contributed by atoms with Crippen LogP contribution in [-0.2, 0) is 0 Å². The molecule has 2 aromatic rings. The molecule has 0 spiro atoms. The fraction of sp³-hybridized carbons (Fsp3) is 0.353. The van der Waals surface area contributed by atoms with E-state index in [-0.39, 0.29) is 11.9 Å². The zero-order valence-electron chi connectivity index (χ0n) is 11.7. The number of aromatic nitrogens is 1. The Bertz CT molecular complexity index is 755. The van der Waals surface area contributed by atoms with E-state index in [2.05, 4.69) is 16.6 Å². The highest BCUT2D eigenvalue weighted by molar-refractivity contribution is 5.94. The van der Waals surface area contributed by atoms with Gasteiger partial charge in [0.1, 0.15) is 0 Å². The van der Waals surface area contributed by atoms with Gasteiger partial charge >= 0.3 is 0 Å². The standard InChI is InChI=1S/C17H17N3O/c1-2-11-5-14-4-3-13(10-20(14)9-11)17(21)19-16-7-12-6-15(16)18-8-12/h1,3-5,9-10,12,15-16,18H,6-8H2,(H,19,21). The van der Waals surface area contributed by atoms with E-state index in [0.717, 1.165) is 30.0 Å². The largest absolute Gasteiger partial charge is 0.348 e. The molecular formula is C17H17N3O. The van der Waals surface area contributed by atoms with Gasteiger partial charge in [-0.25, -0.2) is 0 Å². The van der Waals surface area contributed by atoms with Crippen molar-refractivity contribution < 1.29 is 4.79 Å². The molecule has 106 valence electrons. The highest BCUT2D eigenvalue weighted by atomic mass is 16.1. The minimum atomic E-state index is -0.00722. The molecule has 3 unspecified atom stereocenters. The van der Waals surface area contributed by atoms with Crippen LogP contribution in [0.3, 0.4) is 0 Å². The highest BCUT2D eigenvalue weighted by Gasteiger charge is 2.40. The van der Waals surface area contributed by atoms with E-state index in [1.54, 1.807) is 0 Å². The first-order valence-corrected chi connectivity index (χ1v) is 7.35. The van der Waals surface area contributed by atoms with Crippen molar-refractivity contribution >= 4 is 11.4 Å². The summed E-state index contributed by atoms with van der Waals surface area (Å²) in [5.41, 5.74) is 2.50. The third-order valence-corrected chi connectivity index (χ3v) is 4.67. The second-order valence-electron chi connectivity index (χ2n) is 6.06. The number of nitrogens with one attached hydrogen (secondary N) is 2.